The molecule has 0 aliphatic heterocycles. The lowest BCUT2D eigenvalue weighted by Gasteiger charge is -2.29. The van der Waals surface area contributed by atoms with E-state index in [1.54, 1.807) is 0 Å². The van der Waals surface area contributed by atoms with E-state index in [1.807, 2.05) is 0 Å². The van der Waals surface area contributed by atoms with Crippen molar-refractivity contribution in [1.82, 2.24) is 10.4 Å². The Hall–Kier alpha value is -0.120. The predicted octanol–water partition coefficient (Wildman–Crippen LogP) is 1.14. The van der Waals surface area contributed by atoms with Crippen molar-refractivity contribution < 1.29 is 5.11 Å². The molecule has 1 rings (SSSR count). The average molecular weight is 186 g/mol. The summed E-state index contributed by atoms with van der Waals surface area (Å²) in [6, 6.07) is 0.653. The van der Waals surface area contributed by atoms with E-state index in [4.69, 9.17) is 5.11 Å². The number of aliphatic hydroxyl groups excluding tert-OH is 1. The zero-order chi connectivity index (χ0) is 9.52. The standard InChI is InChI=1S/C10H22N2O/c1-2-12(8-9-13)11-10-6-4-3-5-7-10/h10-11,13H,2-9H2,1H3. The molecule has 0 bridgehead atoms. The highest BCUT2D eigenvalue weighted by atomic mass is 16.3. The molecule has 3 heteroatoms. The zero-order valence-electron chi connectivity index (χ0n) is 8.63. The van der Waals surface area contributed by atoms with Crippen LogP contribution in [0.25, 0.3) is 0 Å². The molecule has 1 aliphatic rings. The predicted molar refractivity (Wildman–Crippen MR) is 54.3 cm³/mol. The van der Waals surface area contributed by atoms with Crippen molar-refractivity contribution in [3.63, 3.8) is 0 Å². The molecule has 0 atom stereocenters. The molecule has 0 unspecified atom stereocenters. The highest BCUT2D eigenvalue weighted by Gasteiger charge is 2.14. The Morgan fingerprint density at radius 3 is 2.54 bits per heavy atom. The van der Waals surface area contributed by atoms with E-state index in [1.165, 1.54) is 32.1 Å². The van der Waals surface area contributed by atoms with Crippen LogP contribution in [0.3, 0.4) is 0 Å². The lowest BCUT2D eigenvalue weighted by Crippen LogP contribution is -2.46. The summed E-state index contributed by atoms with van der Waals surface area (Å²) in [7, 11) is 0. The molecule has 1 aliphatic carbocycles. The lowest BCUT2D eigenvalue weighted by molar-refractivity contribution is 0.116. The summed E-state index contributed by atoms with van der Waals surface area (Å²) in [5, 5.41) is 10.9. The lowest BCUT2D eigenvalue weighted by atomic mass is 9.96. The normalized spacial score (nSPS) is 19.6. The van der Waals surface area contributed by atoms with Crippen molar-refractivity contribution in [3.05, 3.63) is 0 Å². The highest BCUT2D eigenvalue weighted by molar-refractivity contribution is 4.70. The minimum absolute atomic E-state index is 0.244. The van der Waals surface area contributed by atoms with Crippen LogP contribution in [0.15, 0.2) is 0 Å². The first-order valence-electron chi connectivity index (χ1n) is 5.48. The summed E-state index contributed by atoms with van der Waals surface area (Å²) in [6.45, 7) is 4.07. The second-order valence-corrected chi connectivity index (χ2v) is 3.77. The Labute approximate surface area is 81.1 Å². The first kappa shape index (κ1) is 11.0. The van der Waals surface area contributed by atoms with E-state index in [0.717, 1.165) is 13.1 Å². The number of nitrogens with one attached hydrogen (secondary N) is 1. The van der Waals surface area contributed by atoms with Crippen LogP contribution in [-0.2, 0) is 0 Å². The molecule has 0 aromatic carbocycles. The maximum Gasteiger partial charge on any atom is 0.0572 e. The van der Waals surface area contributed by atoms with E-state index >= 15 is 0 Å². The van der Waals surface area contributed by atoms with E-state index < -0.39 is 0 Å². The van der Waals surface area contributed by atoms with Crippen LogP contribution in [-0.4, -0.2) is 35.9 Å². The molecule has 0 aromatic rings. The Kier molecular flexibility index (Phi) is 5.35. The molecule has 78 valence electrons. The van der Waals surface area contributed by atoms with Gasteiger partial charge < -0.3 is 5.11 Å². The third-order valence-electron chi connectivity index (χ3n) is 2.72. The fraction of sp³-hybridized carbons (Fsp3) is 1.00. The number of aliphatic hydroxyl groups is 1. The van der Waals surface area contributed by atoms with E-state index in [2.05, 4.69) is 17.4 Å². The number of hydrogen-bond acceptors (Lipinski definition) is 3. The maximum absolute atomic E-state index is 8.82. The molecule has 3 nitrogen and oxygen atoms in total. The molecule has 2 N–H and O–H groups in total. The number of hydrazine groups is 1. The van der Waals surface area contributed by atoms with Crippen LogP contribution in [0.2, 0.25) is 0 Å². The van der Waals surface area contributed by atoms with Crippen LogP contribution in [0.1, 0.15) is 39.0 Å². The maximum atomic E-state index is 8.82. The van der Waals surface area contributed by atoms with Crippen molar-refractivity contribution >= 4 is 0 Å². The molecule has 13 heavy (non-hydrogen) atoms. The second kappa shape index (κ2) is 6.35. The van der Waals surface area contributed by atoms with Crippen LogP contribution in [0.5, 0.6) is 0 Å². The van der Waals surface area contributed by atoms with Crippen molar-refractivity contribution in [2.75, 3.05) is 19.7 Å². The molecule has 0 radical (unpaired) electrons. The third-order valence-corrected chi connectivity index (χ3v) is 2.72. The van der Waals surface area contributed by atoms with Gasteiger partial charge in [0, 0.05) is 19.1 Å². The molecule has 1 fully saturated rings. The van der Waals surface area contributed by atoms with E-state index in [0.29, 0.717) is 6.04 Å². The van der Waals surface area contributed by atoms with Crippen LogP contribution >= 0.6 is 0 Å². The van der Waals surface area contributed by atoms with Crippen molar-refractivity contribution in [3.8, 4) is 0 Å². The van der Waals surface area contributed by atoms with Gasteiger partial charge in [0.1, 0.15) is 0 Å². The van der Waals surface area contributed by atoms with E-state index in [9.17, 15) is 0 Å². The summed E-state index contributed by atoms with van der Waals surface area (Å²) >= 11 is 0. The molecule has 0 spiro atoms. The summed E-state index contributed by atoms with van der Waals surface area (Å²) in [5.74, 6) is 0. The van der Waals surface area contributed by atoms with Gasteiger partial charge in [0.15, 0.2) is 0 Å². The van der Waals surface area contributed by atoms with Gasteiger partial charge in [-0.15, -0.1) is 0 Å². The molecule has 1 saturated carbocycles. The number of rotatable bonds is 5. The van der Waals surface area contributed by atoms with Crippen LogP contribution < -0.4 is 5.43 Å². The minimum atomic E-state index is 0.244. The van der Waals surface area contributed by atoms with Crippen LogP contribution in [0, 0.1) is 0 Å². The largest absolute Gasteiger partial charge is 0.395 e. The smallest absolute Gasteiger partial charge is 0.0572 e. The Balaban J connectivity index is 2.18. The number of hydrogen-bond donors (Lipinski definition) is 2. The number of nitrogens with zero attached hydrogens (tertiary/aromatic N) is 1. The number of likely N-dealkylation sites (N-methyl/N-ethyl adjacent to an activating group) is 1. The SMILES string of the molecule is CCN(CCO)NC1CCCCC1. The summed E-state index contributed by atoms with van der Waals surface area (Å²) in [5.41, 5.74) is 3.48. The molecule has 0 heterocycles. The molecule has 0 aromatic heterocycles. The third kappa shape index (κ3) is 4.07. The first-order valence-corrected chi connectivity index (χ1v) is 5.48. The van der Waals surface area contributed by atoms with Gasteiger partial charge in [0.2, 0.25) is 0 Å². The average Bonchev–Trinajstić information content (AvgIpc) is 2.19. The van der Waals surface area contributed by atoms with Gasteiger partial charge in [-0.3, -0.25) is 5.43 Å². The van der Waals surface area contributed by atoms with Gasteiger partial charge in [-0.05, 0) is 12.8 Å². The Bertz CT molecular complexity index is 121. The van der Waals surface area contributed by atoms with Gasteiger partial charge in [0.05, 0.1) is 6.61 Å². The molecular formula is C10H22N2O. The van der Waals surface area contributed by atoms with Gasteiger partial charge in [0.25, 0.3) is 0 Å². The highest BCUT2D eigenvalue weighted by Crippen LogP contribution is 2.17. The topological polar surface area (TPSA) is 35.5 Å². The van der Waals surface area contributed by atoms with Gasteiger partial charge in [-0.25, -0.2) is 5.01 Å². The fourth-order valence-corrected chi connectivity index (χ4v) is 1.92. The Morgan fingerprint density at radius 1 is 1.31 bits per heavy atom. The molecule has 0 saturated heterocycles. The second-order valence-electron chi connectivity index (χ2n) is 3.77. The summed E-state index contributed by atoms with van der Waals surface area (Å²) < 4.78 is 0. The molecule has 0 amide bonds. The van der Waals surface area contributed by atoms with Crippen LogP contribution in [0.4, 0.5) is 0 Å². The fourth-order valence-electron chi connectivity index (χ4n) is 1.92. The van der Waals surface area contributed by atoms with Crippen molar-refractivity contribution in [2.45, 2.75) is 45.1 Å². The van der Waals surface area contributed by atoms with Gasteiger partial charge >= 0.3 is 0 Å². The molecular weight excluding hydrogens is 164 g/mol. The summed E-state index contributed by atoms with van der Waals surface area (Å²) in [6.07, 6.45) is 6.69. The van der Waals surface area contributed by atoms with Crippen molar-refractivity contribution in [2.24, 2.45) is 0 Å². The summed E-state index contributed by atoms with van der Waals surface area (Å²) in [4.78, 5) is 0. The quantitative estimate of drug-likeness (QED) is 0.632. The van der Waals surface area contributed by atoms with Crippen molar-refractivity contribution in [1.29, 1.82) is 0 Å². The zero-order valence-corrected chi connectivity index (χ0v) is 8.63. The van der Waals surface area contributed by atoms with Gasteiger partial charge in [-0.1, -0.05) is 26.2 Å². The van der Waals surface area contributed by atoms with Gasteiger partial charge in [-0.2, -0.15) is 0 Å². The minimum Gasteiger partial charge on any atom is -0.395 e. The van der Waals surface area contributed by atoms with E-state index in [-0.39, 0.29) is 6.61 Å². The monoisotopic (exact) mass is 186 g/mol. The first-order chi connectivity index (χ1) is 6.36. The Morgan fingerprint density at radius 2 is 2.00 bits per heavy atom.